The summed E-state index contributed by atoms with van der Waals surface area (Å²) in [6.45, 7) is 3.15. The molecule has 1 aliphatic carbocycles. The molecule has 2 fully saturated rings. The van der Waals surface area contributed by atoms with E-state index in [-0.39, 0.29) is 23.8 Å². The molecule has 0 aromatic heterocycles. The Morgan fingerprint density at radius 3 is 2.70 bits per heavy atom. The number of hydrogen-bond donors (Lipinski definition) is 1. The van der Waals surface area contributed by atoms with Gasteiger partial charge >= 0.3 is 0 Å². The van der Waals surface area contributed by atoms with Crippen molar-refractivity contribution in [2.24, 2.45) is 5.41 Å². The first-order valence-corrected chi connectivity index (χ1v) is 9.67. The first-order valence-electron chi connectivity index (χ1n) is 9.67. The largest absolute Gasteiger partial charge is 0.384 e. The van der Waals surface area contributed by atoms with E-state index in [0.29, 0.717) is 13.2 Å². The van der Waals surface area contributed by atoms with Crippen LogP contribution in [-0.2, 0) is 19.1 Å². The molecule has 0 unspecified atom stereocenters. The maximum atomic E-state index is 13.0. The lowest BCUT2D eigenvalue weighted by Gasteiger charge is -2.39. The van der Waals surface area contributed by atoms with Crippen LogP contribution in [0.4, 0.5) is 0 Å². The molecule has 1 saturated heterocycles. The molecule has 1 saturated carbocycles. The van der Waals surface area contributed by atoms with Crippen molar-refractivity contribution in [1.29, 1.82) is 0 Å². The van der Waals surface area contributed by atoms with Crippen molar-refractivity contribution in [2.45, 2.75) is 44.8 Å². The van der Waals surface area contributed by atoms with Crippen LogP contribution in [0.2, 0.25) is 0 Å². The fourth-order valence-electron chi connectivity index (χ4n) is 4.40. The number of nitrogens with zero attached hydrogens (tertiary/aromatic N) is 1. The lowest BCUT2D eigenvalue weighted by atomic mass is 9.87. The number of likely N-dealkylation sites (N-methyl/N-ethyl adjacent to an activating group) is 1. The van der Waals surface area contributed by atoms with E-state index in [2.05, 4.69) is 5.32 Å². The highest BCUT2D eigenvalue weighted by molar-refractivity contribution is 5.86. The SMILES string of the molecule is COCC1(CNC(=O)[C@H]2OCC(=O)N(C)[C@@H]2c2ccccc2C)CCCC1. The topological polar surface area (TPSA) is 67.9 Å². The fraction of sp³-hybridized carbons (Fsp3) is 0.619. The van der Waals surface area contributed by atoms with Gasteiger partial charge in [-0.3, -0.25) is 9.59 Å². The normalized spacial score (nSPS) is 24.9. The van der Waals surface area contributed by atoms with Crippen molar-refractivity contribution < 1.29 is 19.1 Å². The van der Waals surface area contributed by atoms with Crippen LogP contribution in [0.3, 0.4) is 0 Å². The predicted molar refractivity (Wildman–Crippen MR) is 102 cm³/mol. The molecule has 148 valence electrons. The number of morpholine rings is 1. The third kappa shape index (κ3) is 4.17. The Morgan fingerprint density at radius 1 is 1.33 bits per heavy atom. The maximum Gasteiger partial charge on any atom is 0.251 e. The minimum atomic E-state index is -0.713. The molecule has 1 N–H and O–H groups in total. The number of methoxy groups -OCH3 is 1. The number of carbonyl (C=O) groups excluding carboxylic acids is 2. The van der Waals surface area contributed by atoms with Gasteiger partial charge in [0.05, 0.1) is 12.6 Å². The molecule has 6 heteroatoms. The minimum Gasteiger partial charge on any atom is -0.384 e. The second-order valence-corrected chi connectivity index (χ2v) is 7.90. The van der Waals surface area contributed by atoms with Gasteiger partial charge < -0.3 is 19.7 Å². The Bertz CT molecular complexity index is 685. The monoisotopic (exact) mass is 374 g/mol. The van der Waals surface area contributed by atoms with Gasteiger partial charge in [-0.2, -0.15) is 0 Å². The van der Waals surface area contributed by atoms with Gasteiger partial charge in [0.2, 0.25) is 5.91 Å². The summed E-state index contributed by atoms with van der Waals surface area (Å²) in [4.78, 5) is 26.9. The number of benzene rings is 1. The third-order valence-corrected chi connectivity index (χ3v) is 6.00. The average Bonchev–Trinajstić information content (AvgIpc) is 3.12. The van der Waals surface area contributed by atoms with Crippen molar-refractivity contribution in [2.75, 3.05) is 33.9 Å². The summed E-state index contributed by atoms with van der Waals surface area (Å²) in [5.74, 6) is -0.274. The number of nitrogens with one attached hydrogen (secondary N) is 1. The molecule has 0 radical (unpaired) electrons. The number of ether oxygens (including phenoxy) is 2. The van der Waals surface area contributed by atoms with Crippen molar-refractivity contribution in [1.82, 2.24) is 10.2 Å². The van der Waals surface area contributed by atoms with Gasteiger partial charge in [0.15, 0.2) is 6.10 Å². The van der Waals surface area contributed by atoms with Crippen molar-refractivity contribution in [3.8, 4) is 0 Å². The number of amides is 2. The summed E-state index contributed by atoms with van der Waals surface area (Å²) < 4.78 is 11.1. The fourth-order valence-corrected chi connectivity index (χ4v) is 4.40. The van der Waals surface area contributed by atoms with E-state index < -0.39 is 12.1 Å². The predicted octanol–water partition coefficient (Wildman–Crippen LogP) is 2.22. The quantitative estimate of drug-likeness (QED) is 0.829. The van der Waals surface area contributed by atoms with Crippen LogP contribution in [0.5, 0.6) is 0 Å². The Morgan fingerprint density at radius 2 is 2.04 bits per heavy atom. The van der Waals surface area contributed by atoms with E-state index in [0.717, 1.165) is 24.0 Å². The second-order valence-electron chi connectivity index (χ2n) is 7.90. The van der Waals surface area contributed by atoms with Gasteiger partial charge in [0.1, 0.15) is 6.61 Å². The maximum absolute atomic E-state index is 13.0. The lowest BCUT2D eigenvalue weighted by Crippen LogP contribution is -2.54. The molecular weight excluding hydrogens is 344 g/mol. The molecule has 6 nitrogen and oxygen atoms in total. The van der Waals surface area contributed by atoms with Crippen LogP contribution in [0.15, 0.2) is 24.3 Å². The van der Waals surface area contributed by atoms with Crippen molar-refractivity contribution in [3.63, 3.8) is 0 Å². The van der Waals surface area contributed by atoms with Gasteiger partial charge in [-0.15, -0.1) is 0 Å². The molecule has 2 atom stereocenters. The van der Waals surface area contributed by atoms with E-state index in [4.69, 9.17) is 9.47 Å². The summed E-state index contributed by atoms with van der Waals surface area (Å²) in [6, 6.07) is 7.41. The zero-order valence-electron chi connectivity index (χ0n) is 16.5. The zero-order chi connectivity index (χ0) is 19.4. The van der Waals surface area contributed by atoms with E-state index in [9.17, 15) is 9.59 Å². The van der Waals surface area contributed by atoms with Gasteiger partial charge in [0, 0.05) is 26.1 Å². The summed E-state index contributed by atoms with van der Waals surface area (Å²) in [7, 11) is 3.45. The number of aryl methyl sites for hydroxylation is 1. The Labute approximate surface area is 161 Å². The molecule has 1 heterocycles. The third-order valence-electron chi connectivity index (χ3n) is 6.00. The summed E-state index contributed by atoms with van der Waals surface area (Å²) in [6.07, 6.45) is 3.75. The smallest absolute Gasteiger partial charge is 0.251 e. The van der Waals surface area contributed by atoms with Crippen molar-refractivity contribution >= 4 is 11.8 Å². The second kappa shape index (κ2) is 8.40. The highest BCUT2D eigenvalue weighted by atomic mass is 16.5. The standard InChI is InChI=1S/C21H30N2O4/c1-15-8-4-5-9-16(15)18-19(27-12-17(24)23(18)2)20(25)22-13-21(14-26-3)10-6-7-11-21/h4-5,8-9,18-19H,6-7,10-14H2,1-3H3,(H,22,25)/t18-,19+/m1/s1. The average molecular weight is 374 g/mol. The molecule has 0 spiro atoms. The number of rotatable bonds is 6. The summed E-state index contributed by atoms with van der Waals surface area (Å²) >= 11 is 0. The van der Waals surface area contributed by atoms with Crippen LogP contribution >= 0.6 is 0 Å². The van der Waals surface area contributed by atoms with Gasteiger partial charge in [-0.25, -0.2) is 0 Å². The van der Waals surface area contributed by atoms with Crippen LogP contribution in [-0.4, -0.2) is 56.7 Å². The lowest BCUT2D eigenvalue weighted by molar-refractivity contribution is -0.162. The molecule has 27 heavy (non-hydrogen) atoms. The molecule has 1 aromatic carbocycles. The molecule has 3 rings (SSSR count). The molecule has 2 amide bonds. The number of hydrogen-bond acceptors (Lipinski definition) is 4. The van der Waals surface area contributed by atoms with E-state index in [1.54, 1.807) is 19.1 Å². The molecule has 0 bridgehead atoms. The highest BCUT2D eigenvalue weighted by Crippen LogP contribution is 2.38. The first-order chi connectivity index (χ1) is 13.0. The molecule has 2 aliphatic rings. The summed E-state index contributed by atoms with van der Waals surface area (Å²) in [5.41, 5.74) is 2.00. The zero-order valence-corrected chi connectivity index (χ0v) is 16.5. The van der Waals surface area contributed by atoms with Crippen molar-refractivity contribution in [3.05, 3.63) is 35.4 Å². The Balaban J connectivity index is 1.77. The van der Waals surface area contributed by atoms with Crippen LogP contribution < -0.4 is 5.32 Å². The van der Waals surface area contributed by atoms with E-state index >= 15 is 0 Å². The van der Waals surface area contributed by atoms with Crippen LogP contribution in [0.25, 0.3) is 0 Å². The van der Waals surface area contributed by atoms with Gasteiger partial charge in [-0.1, -0.05) is 37.1 Å². The molecular formula is C21H30N2O4. The van der Waals surface area contributed by atoms with E-state index in [1.807, 2.05) is 31.2 Å². The highest BCUT2D eigenvalue weighted by Gasteiger charge is 2.42. The minimum absolute atomic E-state index is 0.0129. The molecule has 1 aliphatic heterocycles. The number of carbonyl (C=O) groups is 2. The van der Waals surface area contributed by atoms with Gasteiger partial charge in [-0.05, 0) is 30.9 Å². The Hall–Kier alpha value is -1.92. The first kappa shape index (κ1) is 19.8. The van der Waals surface area contributed by atoms with E-state index in [1.165, 1.54) is 12.8 Å². The van der Waals surface area contributed by atoms with Crippen LogP contribution in [0.1, 0.15) is 42.9 Å². The van der Waals surface area contributed by atoms with Crippen LogP contribution in [0, 0.1) is 12.3 Å². The van der Waals surface area contributed by atoms with Gasteiger partial charge in [0.25, 0.3) is 5.91 Å². The summed E-state index contributed by atoms with van der Waals surface area (Å²) in [5, 5.41) is 3.09. The molecule has 1 aromatic rings. The Kier molecular flexibility index (Phi) is 6.17.